The average molecular weight is 364 g/mol. The molecule has 0 saturated carbocycles. The third-order valence-corrected chi connectivity index (χ3v) is 4.87. The zero-order valence-electron chi connectivity index (χ0n) is 16.3. The van der Waals surface area contributed by atoms with Gasteiger partial charge in [-0.1, -0.05) is 60.7 Å². The van der Waals surface area contributed by atoms with Crippen LogP contribution >= 0.6 is 0 Å². The third kappa shape index (κ3) is 3.77. The van der Waals surface area contributed by atoms with Gasteiger partial charge in [-0.2, -0.15) is 0 Å². The van der Waals surface area contributed by atoms with Crippen LogP contribution < -0.4 is 9.80 Å². The quantitative estimate of drug-likeness (QED) is 0.380. The summed E-state index contributed by atoms with van der Waals surface area (Å²) < 4.78 is 0. The van der Waals surface area contributed by atoms with Crippen LogP contribution in [0.2, 0.25) is 0 Å². The van der Waals surface area contributed by atoms with Crippen LogP contribution in [0.1, 0.15) is 0 Å². The van der Waals surface area contributed by atoms with Crippen molar-refractivity contribution >= 4 is 22.7 Å². The van der Waals surface area contributed by atoms with Crippen molar-refractivity contribution in [2.45, 2.75) is 0 Å². The van der Waals surface area contributed by atoms with Gasteiger partial charge in [0.2, 0.25) is 0 Å². The van der Waals surface area contributed by atoms with E-state index in [2.05, 4.69) is 121 Å². The fourth-order valence-corrected chi connectivity index (χ4v) is 3.36. The molecular formula is C26H24N2. The van der Waals surface area contributed by atoms with Crippen molar-refractivity contribution in [3.05, 3.63) is 109 Å². The van der Waals surface area contributed by atoms with Crippen LogP contribution in [0.5, 0.6) is 0 Å². The van der Waals surface area contributed by atoms with Crippen LogP contribution in [0.3, 0.4) is 0 Å². The molecule has 0 unspecified atom stereocenters. The first kappa shape index (κ1) is 17.9. The molecule has 0 bridgehead atoms. The molecule has 4 aromatic carbocycles. The highest BCUT2D eigenvalue weighted by atomic mass is 15.1. The van der Waals surface area contributed by atoms with E-state index in [9.17, 15) is 0 Å². The predicted octanol–water partition coefficient (Wildman–Crippen LogP) is 6.89. The molecule has 0 heterocycles. The number of hydrogen-bond acceptors (Lipinski definition) is 2. The van der Waals surface area contributed by atoms with Gasteiger partial charge in [0.1, 0.15) is 0 Å². The van der Waals surface area contributed by atoms with Crippen molar-refractivity contribution in [3.8, 4) is 11.1 Å². The van der Waals surface area contributed by atoms with Crippen molar-refractivity contribution in [2.24, 2.45) is 0 Å². The summed E-state index contributed by atoms with van der Waals surface area (Å²) in [5.41, 5.74) is 7.09. The first-order valence-corrected chi connectivity index (χ1v) is 9.50. The molecule has 0 radical (unpaired) electrons. The molecule has 0 amide bonds. The zero-order valence-corrected chi connectivity index (χ0v) is 16.3. The maximum Gasteiger partial charge on any atom is 0.0462 e. The molecule has 4 aromatic rings. The largest absolute Gasteiger partial charge is 0.378 e. The van der Waals surface area contributed by atoms with Gasteiger partial charge in [-0.25, -0.2) is 0 Å². The van der Waals surface area contributed by atoms with Gasteiger partial charge in [-0.05, 0) is 59.7 Å². The molecular weight excluding hydrogens is 340 g/mol. The van der Waals surface area contributed by atoms with Crippen LogP contribution in [0.15, 0.2) is 109 Å². The van der Waals surface area contributed by atoms with Crippen LogP contribution in [-0.4, -0.2) is 14.1 Å². The Morgan fingerprint density at radius 3 is 1.14 bits per heavy atom. The number of anilines is 4. The first-order chi connectivity index (χ1) is 13.7. The van der Waals surface area contributed by atoms with Crippen molar-refractivity contribution in [1.29, 1.82) is 0 Å². The van der Waals surface area contributed by atoms with Crippen LogP contribution in [0, 0.1) is 0 Å². The van der Waals surface area contributed by atoms with Gasteiger partial charge in [0.15, 0.2) is 0 Å². The van der Waals surface area contributed by atoms with E-state index in [1.807, 2.05) is 12.1 Å². The van der Waals surface area contributed by atoms with Crippen molar-refractivity contribution in [3.63, 3.8) is 0 Å². The molecule has 0 spiro atoms. The molecule has 0 aromatic heterocycles. The van der Waals surface area contributed by atoms with E-state index in [0.717, 1.165) is 17.1 Å². The summed E-state index contributed by atoms with van der Waals surface area (Å²) in [5.74, 6) is 0. The first-order valence-electron chi connectivity index (χ1n) is 9.50. The third-order valence-electron chi connectivity index (χ3n) is 4.87. The molecule has 0 aliphatic heterocycles. The molecule has 0 aliphatic rings. The van der Waals surface area contributed by atoms with Gasteiger partial charge >= 0.3 is 0 Å². The van der Waals surface area contributed by atoms with Crippen LogP contribution in [0.4, 0.5) is 22.7 Å². The highest BCUT2D eigenvalue weighted by molar-refractivity contribution is 5.78. The molecule has 4 rings (SSSR count). The van der Waals surface area contributed by atoms with E-state index in [1.54, 1.807) is 0 Å². The fraction of sp³-hybridized carbons (Fsp3) is 0.0769. The lowest BCUT2D eigenvalue weighted by molar-refractivity contribution is 1.13. The minimum atomic E-state index is 1.14. The second-order valence-corrected chi connectivity index (χ2v) is 6.99. The van der Waals surface area contributed by atoms with Gasteiger partial charge in [-0.3, -0.25) is 0 Å². The standard InChI is InChI=1S/C26H24N2/c1-27(2)23-17-13-21(14-18-23)22-15-19-26(20-16-22)28(24-9-5-3-6-10-24)25-11-7-4-8-12-25/h3-20H,1-2H3. The summed E-state index contributed by atoms with van der Waals surface area (Å²) in [5, 5.41) is 0. The maximum atomic E-state index is 2.28. The maximum absolute atomic E-state index is 2.28. The second-order valence-electron chi connectivity index (χ2n) is 6.99. The van der Waals surface area contributed by atoms with Gasteiger partial charge in [-0.15, -0.1) is 0 Å². The van der Waals surface area contributed by atoms with Gasteiger partial charge in [0.05, 0.1) is 0 Å². The number of nitrogens with zero attached hydrogens (tertiary/aromatic N) is 2. The minimum absolute atomic E-state index is 1.14. The Kier molecular flexibility index (Phi) is 5.11. The monoisotopic (exact) mass is 364 g/mol. The van der Waals surface area contributed by atoms with Crippen LogP contribution in [0.25, 0.3) is 11.1 Å². The molecule has 0 atom stereocenters. The summed E-state index contributed by atoms with van der Waals surface area (Å²) in [4.78, 5) is 4.39. The smallest absolute Gasteiger partial charge is 0.0462 e. The number of rotatable bonds is 5. The number of benzene rings is 4. The fourth-order valence-electron chi connectivity index (χ4n) is 3.36. The summed E-state index contributed by atoms with van der Waals surface area (Å²) in [7, 11) is 4.12. The Morgan fingerprint density at radius 1 is 0.393 bits per heavy atom. The molecule has 0 N–H and O–H groups in total. The summed E-state index contributed by atoms with van der Waals surface area (Å²) in [6.45, 7) is 0. The minimum Gasteiger partial charge on any atom is -0.378 e. The topological polar surface area (TPSA) is 6.48 Å². The summed E-state index contributed by atoms with van der Waals surface area (Å²) >= 11 is 0. The molecule has 2 nitrogen and oxygen atoms in total. The lowest BCUT2D eigenvalue weighted by Crippen LogP contribution is -2.09. The Balaban J connectivity index is 1.69. The molecule has 0 aliphatic carbocycles. The van der Waals surface area contributed by atoms with E-state index in [0.29, 0.717) is 0 Å². The van der Waals surface area contributed by atoms with E-state index in [1.165, 1.54) is 16.8 Å². The Morgan fingerprint density at radius 2 is 0.750 bits per heavy atom. The average Bonchev–Trinajstić information content (AvgIpc) is 2.76. The van der Waals surface area contributed by atoms with E-state index in [4.69, 9.17) is 0 Å². The van der Waals surface area contributed by atoms with Gasteiger partial charge < -0.3 is 9.80 Å². The lowest BCUT2D eigenvalue weighted by atomic mass is 10.0. The van der Waals surface area contributed by atoms with Crippen LogP contribution in [-0.2, 0) is 0 Å². The molecule has 0 fully saturated rings. The molecule has 2 heteroatoms. The predicted molar refractivity (Wildman–Crippen MR) is 121 cm³/mol. The highest BCUT2D eigenvalue weighted by Crippen LogP contribution is 2.35. The van der Waals surface area contributed by atoms with Crippen molar-refractivity contribution in [2.75, 3.05) is 23.9 Å². The zero-order chi connectivity index (χ0) is 19.3. The molecule has 28 heavy (non-hydrogen) atoms. The SMILES string of the molecule is CN(C)c1ccc(-c2ccc(N(c3ccccc3)c3ccccc3)cc2)cc1. The van der Waals surface area contributed by atoms with E-state index in [-0.39, 0.29) is 0 Å². The normalized spacial score (nSPS) is 10.5. The number of hydrogen-bond donors (Lipinski definition) is 0. The van der Waals surface area contributed by atoms with Gasteiger partial charge in [0.25, 0.3) is 0 Å². The van der Waals surface area contributed by atoms with Crippen molar-refractivity contribution < 1.29 is 0 Å². The Labute approximate surface area is 167 Å². The second kappa shape index (κ2) is 8.01. The molecule has 0 saturated heterocycles. The van der Waals surface area contributed by atoms with Gasteiger partial charge in [0, 0.05) is 36.8 Å². The Hall–Kier alpha value is -3.52. The van der Waals surface area contributed by atoms with Crippen molar-refractivity contribution in [1.82, 2.24) is 0 Å². The van der Waals surface area contributed by atoms with E-state index >= 15 is 0 Å². The number of para-hydroxylation sites is 2. The summed E-state index contributed by atoms with van der Waals surface area (Å²) in [6, 6.07) is 38.4. The Bertz CT molecular complexity index is 966. The summed E-state index contributed by atoms with van der Waals surface area (Å²) in [6.07, 6.45) is 0. The highest BCUT2D eigenvalue weighted by Gasteiger charge is 2.11. The van der Waals surface area contributed by atoms with E-state index < -0.39 is 0 Å². The molecule has 138 valence electrons. The lowest BCUT2D eigenvalue weighted by Gasteiger charge is -2.25.